The zero-order chi connectivity index (χ0) is 23.3. The number of nitrogens with zero attached hydrogens (tertiary/aromatic N) is 2. The zero-order valence-corrected chi connectivity index (χ0v) is 18.3. The molecule has 2 rings (SSSR count). The van der Waals surface area contributed by atoms with Crippen LogP contribution in [0.2, 0.25) is 0 Å². The predicted molar refractivity (Wildman–Crippen MR) is 113 cm³/mol. The van der Waals surface area contributed by atoms with Gasteiger partial charge in [0.15, 0.2) is 11.8 Å². The maximum atomic E-state index is 14.0. The molecule has 1 aromatic heterocycles. The van der Waals surface area contributed by atoms with E-state index in [1.165, 1.54) is 42.5 Å². The van der Waals surface area contributed by atoms with E-state index < -0.39 is 30.7 Å². The smallest absolute Gasteiger partial charge is 0.320 e. The molecule has 0 fully saturated rings. The topological polar surface area (TPSA) is 87.2 Å². The Labute approximate surface area is 183 Å². The fourth-order valence-corrected chi connectivity index (χ4v) is 4.16. The second-order valence-electron chi connectivity index (χ2n) is 7.65. The van der Waals surface area contributed by atoms with Gasteiger partial charge >= 0.3 is 6.18 Å². The Morgan fingerprint density at radius 2 is 1.77 bits per heavy atom. The molecule has 1 aromatic carbocycles. The summed E-state index contributed by atoms with van der Waals surface area (Å²) >= 11 is 1.25. The number of halogens is 3. The number of Topliss-reactive ketones (excluding diaryl/α,β-unsaturated/α-hetero) is 1. The van der Waals surface area contributed by atoms with Crippen LogP contribution in [0.1, 0.15) is 48.5 Å². The first-order valence-electron chi connectivity index (χ1n) is 9.66. The van der Waals surface area contributed by atoms with Crippen LogP contribution in [-0.2, 0) is 4.79 Å². The maximum Gasteiger partial charge on any atom is 0.413 e. The van der Waals surface area contributed by atoms with Crippen LogP contribution in [0.3, 0.4) is 0 Å². The Kier molecular flexibility index (Phi) is 7.98. The van der Waals surface area contributed by atoms with Crippen LogP contribution in [0, 0.1) is 17.2 Å². The van der Waals surface area contributed by atoms with Gasteiger partial charge in [-0.2, -0.15) is 18.4 Å². The summed E-state index contributed by atoms with van der Waals surface area (Å²) in [7, 11) is 0. The summed E-state index contributed by atoms with van der Waals surface area (Å²) in [4.78, 5) is 26.0. The Morgan fingerprint density at radius 3 is 2.23 bits per heavy atom. The number of hydrogen-bond acceptors (Lipinski definition) is 5. The molecule has 0 spiro atoms. The van der Waals surface area contributed by atoms with E-state index in [-0.39, 0.29) is 23.7 Å². The van der Waals surface area contributed by atoms with Crippen molar-refractivity contribution in [2.24, 2.45) is 11.7 Å². The Balaban J connectivity index is 2.41. The van der Waals surface area contributed by atoms with E-state index in [0.717, 1.165) is 4.88 Å². The van der Waals surface area contributed by atoms with Crippen LogP contribution < -0.4 is 5.73 Å². The number of carbonyl (C=O) groups is 2. The number of carbonyl (C=O) groups excluding carboxylic acids is 2. The van der Waals surface area contributed by atoms with Gasteiger partial charge in [0.25, 0.3) is 0 Å². The van der Waals surface area contributed by atoms with Crippen LogP contribution in [-0.4, -0.2) is 35.4 Å². The molecule has 0 aliphatic rings. The van der Waals surface area contributed by atoms with Gasteiger partial charge in [0, 0.05) is 4.88 Å². The lowest BCUT2D eigenvalue weighted by atomic mass is 9.99. The molecule has 0 radical (unpaired) electrons. The van der Waals surface area contributed by atoms with Gasteiger partial charge in [-0.3, -0.25) is 9.59 Å². The van der Waals surface area contributed by atoms with Crippen LogP contribution in [0.25, 0.3) is 10.4 Å². The maximum absolute atomic E-state index is 14.0. The highest BCUT2D eigenvalue weighted by Crippen LogP contribution is 2.39. The number of ketones is 1. The van der Waals surface area contributed by atoms with E-state index in [0.29, 0.717) is 15.3 Å². The van der Waals surface area contributed by atoms with Crippen LogP contribution in [0.5, 0.6) is 0 Å². The molecular weight excluding hydrogens is 427 g/mol. The van der Waals surface area contributed by atoms with Gasteiger partial charge in [0.2, 0.25) is 5.91 Å². The summed E-state index contributed by atoms with van der Waals surface area (Å²) in [5.74, 6) is -0.989. The number of thiophene rings is 1. The first-order chi connectivity index (χ1) is 14.5. The molecule has 2 atom stereocenters. The molecule has 1 amide bonds. The summed E-state index contributed by atoms with van der Waals surface area (Å²) in [5.41, 5.74) is 6.32. The Morgan fingerprint density at radius 1 is 1.16 bits per heavy atom. The molecule has 0 aliphatic carbocycles. The highest BCUT2D eigenvalue weighted by molar-refractivity contribution is 7.17. The van der Waals surface area contributed by atoms with Crippen LogP contribution >= 0.6 is 11.3 Å². The normalized spacial score (nSPS) is 13.5. The van der Waals surface area contributed by atoms with Gasteiger partial charge in [0.05, 0.1) is 17.0 Å². The van der Waals surface area contributed by atoms with Crippen molar-refractivity contribution in [1.29, 1.82) is 5.26 Å². The van der Waals surface area contributed by atoms with Crippen LogP contribution in [0.4, 0.5) is 13.2 Å². The summed E-state index contributed by atoms with van der Waals surface area (Å²) in [6.45, 7) is 4.33. The number of alkyl halides is 3. The molecule has 0 aliphatic heterocycles. The van der Waals surface area contributed by atoms with Gasteiger partial charge in [-0.15, -0.1) is 11.3 Å². The van der Waals surface area contributed by atoms with Crippen molar-refractivity contribution < 1.29 is 22.8 Å². The van der Waals surface area contributed by atoms with Gasteiger partial charge in [0.1, 0.15) is 6.54 Å². The minimum absolute atomic E-state index is 0.0113. The highest BCUT2D eigenvalue weighted by Gasteiger charge is 2.47. The van der Waals surface area contributed by atoms with Gasteiger partial charge in [-0.05, 0) is 42.5 Å². The molecule has 0 unspecified atom stereocenters. The third kappa shape index (κ3) is 6.15. The number of rotatable bonds is 8. The summed E-state index contributed by atoms with van der Waals surface area (Å²) in [6.07, 6.45) is -4.59. The van der Waals surface area contributed by atoms with Crippen molar-refractivity contribution in [1.82, 2.24) is 4.90 Å². The first-order valence-corrected chi connectivity index (χ1v) is 10.5. The molecule has 0 saturated heterocycles. The zero-order valence-electron chi connectivity index (χ0n) is 17.4. The van der Waals surface area contributed by atoms with Gasteiger partial charge in [-0.25, -0.2) is 0 Å². The molecule has 2 N–H and O–H groups in total. The van der Waals surface area contributed by atoms with Crippen molar-refractivity contribution >= 4 is 23.0 Å². The van der Waals surface area contributed by atoms with E-state index in [1.807, 2.05) is 13.8 Å². The number of nitriles is 1. The molecule has 31 heavy (non-hydrogen) atoms. The van der Waals surface area contributed by atoms with E-state index in [1.54, 1.807) is 18.2 Å². The van der Waals surface area contributed by atoms with Crippen LogP contribution in [0.15, 0.2) is 36.4 Å². The number of amides is 1. The van der Waals surface area contributed by atoms with Crippen molar-refractivity contribution in [3.05, 3.63) is 46.8 Å². The predicted octanol–water partition coefficient (Wildman–Crippen LogP) is 4.95. The fraction of sp³-hybridized carbons (Fsp3) is 0.409. The lowest BCUT2D eigenvalue weighted by Gasteiger charge is -2.33. The molecule has 1 heterocycles. The second-order valence-corrected chi connectivity index (χ2v) is 8.73. The van der Waals surface area contributed by atoms with Crippen molar-refractivity contribution in [3.63, 3.8) is 0 Å². The Bertz CT molecular complexity index is 962. The minimum Gasteiger partial charge on any atom is -0.320 e. The quantitative estimate of drug-likeness (QED) is 0.455. The average molecular weight is 452 g/mol. The Hall–Kier alpha value is -2.70. The lowest BCUT2D eigenvalue weighted by molar-refractivity contribution is -0.191. The van der Waals surface area contributed by atoms with Gasteiger partial charge < -0.3 is 10.6 Å². The molecule has 9 heteroatoms. The SMILES string of the molecule is CC(=O)c1ccc(-c2ccc([C@H](N(CC#N)C(=O)[C@@H](N)CC(C)C)C(F)(F)F)cc2)s1. The molecule has 2 aromatic rings. The number of benzene rings is 1. The average Bonchev–Trinajstić information content (AvgIpc) is 3.16. The summed E-state index contributed by atoms with van der Waals surface area (Å²) in [6, 6.07) is 7.21. The number of nitrogens with two attached hydrogens (primary N) is 1. The van der Waals surface area contributed by atoms with Crippen molar-refractivity contribution in [2.45, 2.75) is 45.5 Å². The molecule has 5 nitrogen and oxygen atoms in total. The van der Waals surface area contributed by atoms with Crippen molar-refractivity contribution in [2.75, 3.05) is 6.54 Å². The molecule has 0 saturated carbocycles. The second kappa shape index (κ2) is 10.1. The molecule has 0 bridgehead atoms. The lowest BCUT2D eigenvalue weighted by Crippen LogP contribution is -2.49. The standard InChI is InChI=1S/C22H24F3N3O2S/c1-13(2)12-17(27)21(30)28(11-10-26)20(22(23,24)25)16-6-4-15(5-7-16)19-9-8-18(31-19)14(3)29/h4-9,13,17,20H,11-12,27H2,1-3H3/t17-,20-/m0/s1. The molecular formula is C22H24F3N3O2S. The first kappa shape index (κ1) is 24.6. The highest BCUT2D eigenvalue weighted by atomic mass is 32.1. The molecule has 166 valence electrons. The van der Waals surface area contributed by atoms with E-state index >= 15 is 0 Å². The minimum atomic E-state index is -4.80. The number of hydrogen-bond donors (Lipinski definition) is 1. The van der Waals surface area contributed by atoms with Gasteiger partial charge in [-0.1, -0.05) is 38.1 Å². The monoisotopic (exact) mass is 451 g/mol. The summed E-state index contributed by atoms with van der Waals surface area (Å²) < 4.78 is 42.0. The fourth-order valence-electron chi connectivity index (χ4n) is 3.25. The third-order valence-corrected chi connectivity index (χ3v) is 5.89. The van der Waals surface area contributed by atoms with E-state index in [4.69, 9.17) is 11.0 Å². The van der Waals surface area contributed by atoms with E-state index in [9.17, 15) is 22.8 Å². The largest absolute Gasteiger partial charge is 0.413 e. The third-order valence-electron chi connectivity index (χ3n) is 4.65. The van der Waals surface area contributed by atoms with Crippen molar-refractivity contribution in [3.8, 4) is 16.5 Å². The van der Waals surface area contributed by atoms with E-state index in [2.05, 4.69) is 0 Å². The summed E-state index contributed by atoms with van der Waals surface area (Å²) in [5, 5.41) is 9.07.